The summed E-state index contributed by atoms with van der Waals surface area (Å²) in [5.74, 6) is -2.20. The number of pyridine rings is 2. The maximum Gasteiger partial charge on any atom is 0.417 e. The number of hydrogen-bond donors (Lipinski definition) is 2. The molecule has 28 heavy (non-hydrogen) atoms. The molecule has 0 atom stereocenters. The van der Waals surface area contributed by atoms with Crippen molar-refractivity contribution < 1.29 is 27.2 Å². The molecule has 0 radical (unpaired) electrons. The zero-order valence-corrected chi connectivity index (χ0v) is 15.4. The van der Waals surface area contributed by atoms with Crippen LogP contribution < -0.4 is 10.6 Å². The van der Waals surface area contributed by atoms with E-state index in [1.165, 1.54) is 13.0 Å². The molecule has 2 aromatic heterocycles. The van der Waals surface area contributed by atoms with Gasteiger partial charge >= 0.3 is 12.2 Å². The zero-order valence-electron chi connectivity index (χ0n) is 13.9. The molecule has 148 valence electrons. The van der Waals surface area contributed by atoms with Crippen LogP contribution in [-0.2, 0) is 0 Å². The highest BCUT2D eigenvalue weighted by atomic mass is 35.5. The van der Waals surface area contributed by atoms with Crippen molar-refractivity contribution in [2.45, 2.75) is 13.1 Å². The molecular weight excluding hydrogens is 427 g/mol. The topological polar surface area (TPSA) is 84.0 Å². The van der Waals surface area contributed by atoms with E-state index in [9.17, 15) is 27.2 Å². The van der Waals surface area contributed by atoms with Gasteiger partial charge in [-0.2, -0.15) is 13.2 Å². The molecule has 0 bridgehead atoms. The van der Waals surface area contributed by atoms with Crippen molar-refractivity contribution in [3.05, 3.63) is 57.9 Å². The Morgan fingerprint density at radius 1 is 1.21 bits per heavy atom. The van der Waals surface area contributed by atoms with E-state index in [0.29, 0.717) is 6.07 Å². The second-order valence-electron chi connectivity index (χ2n) is 5.34. The van der Waals surface area contributed by atoms with Gasteiger partial charge < -0.3 is 5.32 Å². The second kappa shape index (κ2) is 8.11. The van der Waals surface area contributed by atoms with Crippen molar-refractivity contribution in [1.82, 2.24) is 15.3 Å². The zero-order chi connectivity index (χ0) is 21.2. The third kappa shape index (κ3) is 4.76. The Labute approximate surface area is 165 Å². The van der Waals surface area contributed by atoms with Crippen LogP contribution in [0, 0.1) is 12.7 Å². The van der Waals surface area contributed by atoms with E-state index >= 15 is 0 Å². The van der Waals surface area contributed by atoms with Crippen molar-refractivity contribution in [2.75, 3.05) is 5.32 Å². The molecule has 3 amide bonds. The van der Waals surface area contributed by atoms with E-state index in [2.05, 4.69) is 21.9 Å². The van der Waals surface area contributed by atoms with Gasteiger partial charge in [-0.15, -0.1) is 0 Å². The SMILES string of the molecule is C=C(c1nccc(C)c1NC(=O)NC(=O)c1cc(F)c(Cl)nc1Cl)C(F)(F)F. The lowest BCUT2D eigenvalue weighted by Gasteiger charge is -2.16. The minimum atomic E-state index is -4.79. The maximum absolute atomic E-state index is 13.5. The number of halogens is 6. The number of carbonyl (C=O) groups is 2. The van der Waals surface area contributed by atoms with E-state index < -0.39 is 51.1 Å². The van der Waals surface area contributed by atoms with Crippen molar-refractivity contribution in [2.24, 2.45) is 0 Å². The number of amides is 3. The van der Waals surface area contributed by atoms with Crippen LogP contribution in [0.3, 0.4) is 0 Å². The lowest BCUT2D eigenvalue weighted by atomic mass is 10.1. The number of nitrogens with zero attached hydrogens (tertiary/aromatic N) is 2. The van der Waals surface area contributed by atoms with Gasteiger partial charge in [0.2, 0.25) is 0 Å². The molecule has 0 aliphatic rings. The first-order chi connectivity index (χ1) is 12.9. The summed E-state index contributed by atoms with van der Waals surface area (Å²) in [4.78, 5) is 31.1. The van der Waals surface area contributed by atoms with E-state index in [4.69, 9.17) is 23.2 Å². The molecular formula is C16H10Cl2F4N4O2. The Balaban J connectivity index is 2.26. The molecule has 0 spiro atoms. The summed E-state index contributed by atoms with van der Waals surface area (Å²) < 4.78 is 52.3. The van der Waals surface area contributed by atoms with Crippen molar-refractivity contribution in [1.29, 1.82) is 0 Å². The quantitative estimate of drug-likeness (QED) is 0.536. The summed E-state index contributed by atoms with van der Waals surface area (Å²) in [6.07, 6.45) is -3.68. The van der Waals surface area contributed by atoms with Crippen LogP contribution in [0.2, 0.25) is 10.3 Å². The largest absolute Gasteiger partial charge is 0.417 e. The third-order valence-corrected chi connectivity index (χ3v) is 3.94. The van der Waals surface area contributed by atoms with Crippen LogP contribution in [0.5, 0.6) is 0 Å². The summed E-state index contributed by atoms with van der Waals surface area (Å²) >= 11 is 11.1. The average Bonchev–Trinajstić information content (AvgIpc) is 2.58. The molecule has 2 aromatic rings. The molecule has 6 nitrogen and oxygen atoms in total. The molecule has 2 N–H and O–H groups in total. The van der Waals surface area contributed by atoms with Gasteiger partial charge in [-0.05, 0) is 24.6 Å². The van der Waals surface area contributed by atoms with Gasteiger partial charge in [-0.25, -0.2) is 14.2 Å². The molecule has 0 fully saturated rings. The highest BCUT2D eigenvalue weighted by Gasteiger charge is 2.35. The van der Waals surface area contributed by atoms with Crippen LogP contribution in [0.25, 0.3) is 5.57 Å². The monoisotopic (exact) mass is 436 g/mol. The number of imide groups is 1. The van der Waals surface area contributed by atoms with Crippen molar-refractivity contribution >= 4 is 46.4 Å². The first-order valence-corrected chi connectivity index (χ1v) is 8.03. The minimum absolute atomic E-state index is 0.232. The van der Waals surface area contributed by atoms with E-state index in [1.807, 2.05) is 0 Å². The van der Waals surface area contributed by atoms with Crippen LogP contribution in [0.1, 0.15) is 21.6 Å². The Morgan fingerprint density at radius 2 is 1.86 bits per heavy atom. The van der Waals surface area contributed by atoms with Crippen molar-refractivity contribution in [3.63, 3.8) is 0 Å². The number of aromatic nitrogens is 2. The maximum atomic E-state index is 13.5. The predicted molar refractivity (Wildman–Crippen MR) is 94.8 cm³/mol. The van der Waals surface area contributed by atoms with Gasteiger partial charge in [0.05, 0.1) is 22.5 Å². The highest BCUT2D eigenvalue weighted by molar-refractivity contribution is 6.35. The molecule has 0 aliphatic heterocycles. The van der Waals surface area contributed by atoms with Gasteiger partial charge in [0, 0.05) is 6.20 Å². The Morgan fingerprint density at radius 3 is 2.46 bits per heavy atom. The van der Waals surface area contributed by atoms with Gasteiger partial charge in [0.25, 0.3) is 5.91 Å². The van der Waals surface area contributed by atoms with Gasteiger partial charge in [-0.1, -0.05) is 29.8 Å². The summed E-state index contributed by atoms with van der Waals surface area (Å²) in [6.45, 7) is 4.36. The molecule has 2 rings (SSSR count). The molecule has 0 aliphatic carbocycles. The van der Waals surface area contributed by atoms with Crippen LogP contribution in [0.4, 0.5) is 28.0 Å². The van der Waals surface area contributed by atoms with E-state index in [-0.39, 0.29) is 11.3 Å². The molecule has 12 heteroatoms. The number of urea groups is 1. The number of rotatable bonds is 3. The van der Waals surface area contributed by atoms with Gasteiger partial charge in [0.15, 0.2) is 11.0 Å². The lowest BCUT2D eigenvalue weighted by Crippen LogP contribution is -2.35. The van der Waals surface area contributed by atoms with E-state index in [1.54, 1.807) is 5.32 Å². The molecule has 0 aromatic carbocycles. The van der Waals surface area contributed by atoms with Crippen molar-refractivity contribution in [3.8, 4) is 0 Å². The number of allylic oxidation sites excluding steroid dienone is 1. The predicted octanol–water partition coefficient (Wildman–Crippen LogP) is 4.77. The Kier molecular flexibility index (Phi) is 6.25. The molecule has 2 heterocycles. The summed E-state index contributed by atoms with van der Waals surface area (Å²) in [7, 11) is 0. The Bertz CT molecular complexity index is 980. The third-order valence-electron chi connectivity index (χ3n) is 3.38. The van der Waals surface area contributed by atoms with Crippen LogP contribution in [-0.4, -0.2) is 28.1 Å². The first-order valence-electron chi connectivity index (χ1n) is 7.27. The number of hydrogen-bond acceptors (Lipinski definition) is 4. The number of aryl methyl sites for hydroxylation is 1. The number of anilines is 1. The standard InChI is InChI=1S/C16H10Cl2F4N4O2/c1-6-3-4-23-11(7(2)16(20,21)22)10(6)24-15(28)26-14(27)8-5-9(19)13(18)25-12(8)17/h3-5H,2H2,1H3,(H2,24,26,27,28). The fraction of sp³-hybridized carbons (Fsp3) is 0.125. The fourth-order valence-corrected chi connectivity index (χ4v) is 2.41. The normalized spacial score (nSPS) is 11.1. The highest BCUT2D eigenvalue weighted by Crippen LogP contribution is 2.35. The Hall–Kier alpha value is -2.72. The van der Waals surface area contributed by atoms with E-state index in [0.717, 1.165) is 6.20 Å². The summed E-state index contributed by atoms with van der Waals surface area (Å²) in [6, 6.07) is 0.802. The minimum Gasteiger partial charge on any atom is -0.305 e. The number of carbonyl (C=O) groups excluding carboxylic acids is 2. The smallest absolute Gasteiger partial charge is 0.305 e. The fourth-order valence-electron chi connectivity index (χ4n) is 2.00. The van der Waals surface area contributed by atoms with Gasteiger partial charge in [0.1, 0.15) is 5.15 Å². The van der Waals surface area contributed by atoms with Crippen LogP contribution in [0.15, 0.2) is 24.9 Å². The van der Waals surface area contributed by atoms with Crippen LogP contribution >= 0.6 is 23.2 Å². The second-order valence-corrected chi connectivity index (χ2v) is 6.05. The summed E-state index contributed by atoms with van der Waals surface area (Å²) in [5.41, 5.74) is -2.48. The average molecular weight is 437 g/mol. The number of nitrogens with one attached hydrogen (secondary N) is 2. The molecule has 0 saturated carbocycles. The lowest BCUT2D eigenvalue weighted by molar-refractivity contribution is -0.0688. The number of alkyl halides is 3. The molecule has 0 saturated heterocycles. The molecule has 0 unspecified atom stereocenters. The summed E-state index contributed by atoms with van der Waals surface area (Å²) in [5, 5.41) is 2.85. The first kappa shape index (κ1) is 21.6. The van der Waals surface area contributed by atoms with Gasteiger partial charge in [-0.3, -0.25) is 15.1 Å².